The summed E-state index contributed by atoms with van der Waals surface area (Å²) in [5.74, 6) is 3.29. The molecule has 1 N–H and O–H groups in total. The van der Waals surface area contributed by atoms with Gasteiger partial charge in [0.15, 0.2) is 0 Å². The van der Waals surface area contributed by atoms with Crippen molar-refractivity contribution in [2.75, 3.05) is 13.1 Å². The number of fused-ring (bicyclic) bond motifs is 1. The van der Waals surface area contributed by atoms with Crippen molar-refractivity contribution in [2.45, 2.75) is 111 Å². The summed E-state index contributed by atoms with van der Waals surface area (Å²) in [6.07, 6.45) is 11.7. The van der Waals surface area contributed by atoms with E-state index in [4.69, 9.17) is 0 Å². The third-order valence-electron chi connectivity index (χ3n) is 9.49. The number of nitrogens with zero attached hydrogens (tertiary/aromatic N) is 1. The van der Waals surface area contributed by atoms with Crippen molar-refractivity contribution >= 4 is 0 Å². The normalized spacial score (nSPS) is 42.4. The summed E-state index contributed by atoms with van der Waals surface area (Å²) in [7, 11) is 0. The average Bonchev–Trinajstić information content (AvgIpc) is 2.89. The molecule has 0 aromatic rings. The molecule has 2 saturated carbocycles. The Balaban J connectivity index is 1.67. The maximum absolute atomic E-state index is 11.6. The largest absolute Gasteiger partial charge is 0.391 e. The summed E-state index contributed by atoms with van der Waals surface area (Å²) < 4.78 is 0. The van der Waals surface area contributed by atoms with Crippen molar-refractivity contribution in [3.8, 4) is 0 Å². The zero-order valence-electron chi connectivity index (χ0n) is 19.1. The van der Waals surface area contributed by atoms with E-state index < -0.39 is 0 Å². The van der Waals surface area contributed by atoms with E-state index in [1.54, 1.807) is 0 Å². The molecule has 0 bridgehead atoms. The van der Waals surface area contributed by atoms with E-state index in [0.29, 0.717) is 11.5 Å². The fourth-order valence-electron chi connectivity index (χ4n) is 7.17. The third kappa shape index (κ3) is 4.00. The zero-order chi connectivity index (χ0) is 19.8. The molecule has 0 aromatic carbocycles. The highest BCUT2D eigenvalue weighted by Gasteiger charge is 2.62. The second-order valence-electron chi connectivity index (χ2n) is 11.6. The molecular formula is C25H47NO. The number of likely N-dealkylation sites (tertiary alicyclic amines) is 1. The van der Waals surface area contributed by atoms with E-state index in [-0.39, 0.29) is 11.5 Å². The van der Waals surface area contributed by atoms with E-state index in [9.17, 15) is 5.11 Å². The molecule has 2 aliphatic carbocycles. The van der Waals surface area contributed by atoms with Gasteiger partial charge in [-0.1, -0.05) is 60.8 Å². The van der Waals surface area contributed by atoms with Crippen LogP contribution in [0.3, 0.4) is 0 Å². The van der Waals surface area contributed by atoms with E-state index in [2.05, 4.69) is 46.4 Å². The van der Waals surface area contributed by atoms with Crippen LogP contribution in [0.5, 0.6) is 0 Å². The number of piperidine rings is 1. The first-order chi connectivity index (χ1) is 12.7. The molecule has 0 amide bonds. The second-order valence-corrected chi connectivity index (χ2v) is 11.6. The Hall–Kier alpha value is -0.0800. The summed E-state index contributed by atoms with van der Waals surface area (Å²) in [5.41, 5.74) is 0.430. The number of hydrogen-bond donors (Lipinski definition) is 1. The van der Waals surface area contributed by atoms with Gasteiger partial charge in [0.2, 0.25) is 0 Å². The highest BCUT2D eigenvalue weighted by molar-refractivity contribution is 5.12. The Morgan fingerprint density at radius 3 is 2.19 bits per heavy atom. The molecule has 0 radical (unpaired) electrons. The van der Waals surface area contributed by atoms with Crippen LogP contribution in [0.4, 0.5) is 0 Å². The summed E-state index contributed by atoms with van der Waals surface area (Å²) >= 11 is 0. The van der Waals surface area contributed by atoms with Crippen LogP contribution in [0.25, 0.3) is 0 Å². The monoisotopic (exact) mass is 377 g/mol. The third-order valence-corrected chi connectivity index (χ3v) is 9.49. The molecule has 2 heteroatoms. The minimum absolute atomic E-state index is 0.107. The molecule has 0 aromatic heterocycles. The highest BCUT2D eigenvalue weighted by Crippen LogP contribution is 2.65. The average molecular weight is 378 g/mol. The van der Waals surface area contributed by atoms with Gasteiger partial charge in [0.1, 0.15) is 0 Å². The maximum atomic E-state index is 11.6. The van der Waals surface area contributed by atoms with Crippen LogP contribution in [0, 0.1) is 34.5 Å². The Bertz CT molecular complexity index is 483. The van der Waals surface area contributed by atoms with E-state index in [1.165, 1.54) is 70.9 Å². The van der Waals surface area contributed by atoms with Gasteiger partial charge in [0.05, 0.1) is 6.10 Å². The van der Waals surface area contributed by atoms with Crippen molar-refractivity contribution in [3.05, 3.63) is 0 Å². The first-order valence-electron chi connectivity index (χ1n) is 12.1. The number of aliphatic hydroxyl groups is 1. The van der Waals surface area contributed by atoms with Gasteiger partial charge < -0.3 is 5.11 Å². The summed E-state index contributed by atoms with van der Waals surface area (Å²) in [5, 5.41) is 11.6. The van der Waals surface area contributed by atoms with E-state index in [1.807, 2.05) is 0 Å². The summed E-state index contributed by atoms with van der Waals surface area (Å²) in [6, 6.07) is 0.408. The SMILES string of the molecule is CC(C)CCC[C@@H](C)[C@H]1CC[C@@]2(C)[C@@H](O)[C@@H](N3CCC(C)CC3)CC[C@]12C. The zero-order valence-corrected chi connectivity index (χ0v) is 19.1. The Morgan fingerprint density at radius 2 is 1.56 bits per heavy atom. The van der Waals surface area contributed by atoms with Crippen molar-refractivity contribution in [1.29, 1.82) is 0 Å². The van der Waals surface area contributed by atoms with Crippen LogP contribution >= 0.6 is 0 Å². The first-order valence-corrected chi connectivity index (χ1v) is 12.1. The van der Waals surface area contributed by atoms with Gasteiger partial charge in [-0.05, 0) is 80.7 Å². The smallest absolute Gasteiger partial charge is 0.0754 e. The van der Waals surface area contributed by atoms with Crippen molar-refractivity contribution in [3.63, 3.8) is 0 Å². The van der Waals surface area contributed by atoms with Gasteiger partial charge >= 0.3 is 0 Å². The number of rotatable bonds is 6. The van der Waals surface area contributed by atoms with Crippen LogP contribution in [-0.2, 0) is 0 Å². The number of hydrogen-bond acceptors (Lipinski definition) is 2. The Labute approximate surface area is 169 Å². The van der Waals surface area contributed by atoms with Gasteiger partial charge in [-0.3, -0.25) is 4.90 Å². The molecule has 27 heavy (non-hydrogen) atoms. The molecule has 3 fully saturated rings. The fourth-order valence-corrected chi connectivity index (χ4v) is 7.17. The molecule has 0 spiro atoms. The summed E-state index contributed by atoms with van der Waals surface area (Å²) in [6.45, 7) is 17.0. The van der Waals surface area contributed by atoms with Crippen LogP contribution in [-0.4, -0.2) is 35.2 Å². The predicted octanol–water partition coefficient (Wildman–Crippen LogP) is 6.13. The van der Waals surface area contributed by atoms with Crippen LogP contribution < -0.4 is 0 Å². The summed E-state index contributed by atoms with van der Waals surface area (Å²) in [4.78, 5) is 2.65. The minimum atomic E-state index is -0.141. The predicted molar refractivity (Wildman–Crippen MR) is 116 cm³/mol. The second kappa shape index (κ2) is 8.34. The molecule has 3 rings (SSSR count). The van der Waals surface area contributed by atoms with Gasteiger partial charge in [-0.25, -0.2) is 0 Å². The molecule has 2 nitrogen and oxygen atoms in total. The van der Waals surface area contributed by atoms with E-state index >= 15 is 0 Å². The molecule has 3 aliphatic rings. The van der Waals surface area contributed by atoms with Gasteiger partial charge in [0.25, 0.3) is 0 Å². The lowest BCUT2D eigenvalue weighted by Gasteiger charge is -2.57. The molecule has 0 unspecified atom stereocenters. The van der Waals surface area contributed by atoms with Crippen LogP contribution in [0.15, 0.2) is 0 Å². The lowest BCUT2D eigenvalue weighted by Crippen LogP contribution is -2.60. The molecular weight excluding hydrogens is 330 g/mol. The Morgan fingerprint density at radius 1 is 0.926 bits per heavy atom. The number of aliphatic hydroxyl groups excluding tert-OH is 1. The van der Waals surface area contributed by atoms with Crippen LogP contribution in [0.1, 0.15) is 99.3 Å². The quantitative estimate of drug-likeness (QED) is 0.602. The molecule has 1 heterocycles. The van der Waals surface area contributed by atoms with Crippen molar-refractivity contribution in [1.82, 2.24) is 4.90 Å². The van der Waals surface area contributed by atoms with Crippen molar-refractivity contribution < 1.29 is 5.11 Å². The molecule has 1 saturated heterocycles. The first kappa shape index (κ1) is 21.6. The van der Waals surface area contributed by atoms with Gasteiger partial charge in [-0.2, -0.15) is 0 Å². The van der Waals surface area contributed by atoms with Crippen LogP contribution in [0.2, 0.25) is 0 Å². The molecule has 1 aliphatic heterocycles. The minimum Gasteiger partial charge on any atom is -0.391 e. The highest BCUT2D eigenvalue weighted by atomic mass is 16.3. The van der Waals surface area contributed by atoms with Gasteiger partial charge in [0, 0.05) is 11.5 Å². The molecule has 158 valence electrons. The van der Waals surface area contributed by atoms with Crippen molar-refractivity contribution in [2.24, 2.45) is 34.5 Å². The maximum Gasteiger partial charge on any atom is 0.0754 e. The van der Waals surface area contributed by atoms with Gasteiger partial charge in [-0.15, -0.1) is 0 Å². The topological polar surface area (TPSA) is 23.5 Å². The van der Waals surface area contributed by atoms with E-state index in [0.717, 1.165) is 23.7 Å². The fraction of sp³-hybridized carbons (Fsp3) is 1.00. The lowest BCUT2D eigenvalue weighted by molar-refractivity contribution is -0.140. The lowest BCUT2D eigenvalue weighted by atomic mass is 9.53. The molecule has 6 atom stereocenters. The Kier molecular flexibility index (Phi) is 6.68. The standard InChI is InChI=1S/C25H47NO/c1-18(2)8-7-9-20(4)21-10-14-25(6)23(27)22(11-15-24(21,25)5)26-16-12-19(3)13-17-26/h18-23,27H,7-17H2,1-6H3/t20-,21-,22+,23+,24-,25+/m1/s1.